The zero-order chi connectivity index (χ0) is 10.6. The second-order valence-corrected chi connectivity index (χ2v) is 3.49. The molecule has 0 bridgehead atoms. The summed E-state index contributed by atoms with van der Waals surface area (Å²) < 4.78 is 0. The standard InChI is InChI=1S/C12H16O2/c1-3-11(13)12(14)8-10-7-5-4-6-9(10)2/h4-7,11,13H,3,8H2,1-2H3. The fourth-order valence-electron chi connectivity index (χ4n) is 1.34. The van der Waals surface area contributed by atoms with E-state index in [1.165, 1.54) is 0 Å². The van der Waals surface area contributed by atoms with E-state index in [0.29, 0.717) is 12.8 Å². The van der Waals surface area contributed by atoms with Gasteiger partial charge < -0.3 is 5.11 Å². The third-order valence-electron chi connectivity index (χ3n) is 2.38. The first-order chi connectivity index (χ1) is 6.65. The lowest BCUT2D eigenvalue weighted by Crippen LogP contribution is -2.21. The average Bonchev–Trinajstić information content (AvgIpc) is 2.20. The van der Waals surface area contributed by atoms with Crippen LogP contribution in [0.2, 0.25) is 0 Å². The minimum absolute atomic E-state index is 0.0956. The van der Waals surface area contributed by atoms with Crippen molar-refractivity contribution in [3.05, 3.63) is 35.4 Å². The predicted octanol–water partition coefficient (Wildman–Crippen LogP) is 1.88. The summed E-state index contributed by atoms with van der Waals surface area (Å²) in [6.45, 7) is 3.78. The van der Waals surface area contributed by atoms with Crippen molar-refractivity contribution in [3.8, 4) is 0 Å². The second kappa shape index (κ2) is 4.91. The Kier molecular flexibility index (Phi) is 3.84. The Morgan fingerprint density at radius 3 is 2.64 bits per heavy atom. The molecule has 1 aromatic rings. The summed E-state index contributed by atoms with van der Waals surface area (Å²) in [7, 11) is 0. The lowest BCUT2D eigenvalue weighted by molar-refractivity contribution is -0.126. The molecule has 1 N–H and O–H groups in total. The van der Waals surface area contributed by atoms with Crippen molar-refractivity contribution in [1.82, 2.24) is 0 Å². The van der Waals surface area contributed by atoms with E-state index in [2.05, 4.69) is 0 Å². The molecule has 0 saturated carbocycles. The fourth-order valence-corrected chi connectivity index (χ4v) is 1.34. The zero-order valence-electron chi connectivity index (χ0n) is 8.66. The number of ketones is 1. The highest BCUT2D eigenvalue weighted by Crippen LogP contribution is 2.09. The van der Waals surface area contributed by atoms with Gasteiger partial charge in [0.1, 0.15) is 6.10 Å². The molecule has 0 saturated heterocycles. The van der Waals surface area contributed by atoms with Crippen LogP contribution in [0.4, 0.5) is 0 Å². The van der Waals surface area contributed by atoms with Gasteiger partial charge in [0, 0.05) is 6.42 Å². The van der Waals surface area contributed by atoms with Crippen LogP contribution in [-0.2, 0) is 11.2 Å². The number of hydrogen-bond acceptors (Lipinski definition) is 2. The first kappa shape index (κ1) is 10.9. The molecule has 0 aromatic heterocycles. The van der Waals surface area contributed by atoms with Crippen LogP contribution in [0.1, 0.15) is 24.5 Å². The van der Waals surface area contributed by atoms with Crippen LogP contribution in [0.3, 0.4) is 0 Å². The number of benzene rings is 1. The van der Waals surface area contributed by atoms with Crippen molar-refractivity contribution in [1.29, 1.82) is 0 Å². The lowest BCUT2D eigenvalue weighted by Gasteiger charge is -2.08. The molecule has 1 unspecified atom stereocenters. The minimum Gasteiger partial charge on any atom is -0.385 e. The van der Waals surface area contributed by atoms with Gasteiger partial charge in [-0.1, -0.05) is 31.2 Å². The van der Waals surface area contributed by atoms with Crippen LogP contribution in [-0.4, -0.2) is 17.0 Å². The Labute approximate surface area is 84.6 Å². The van der Waals surface area contributed by atoms with Crippen molar-refractivity contribution in [2.45, 2.75) is 32.8 Å². The number of rotatable bonds is 4. The maximum absolute atomic E-state index is 11.4. The molecule has 0 spiro atoms. The molecule has 0 fully saturated rings. The summed E-state index contributed by atoms with van der Waals surface area (Å²) in [5, 5.41) is 9.33. The van der Waals surface area contributed by atoms with Gasteiger partial charge in [-0.15, -0.1) is 0 Å². The Balaban J connectivity index is 2.70. The Morgan fingerprint density at radius 1 is 1.43 bits per heavy atom. The van der Waals surface area contributed by atoms with E-state index >= 15 is 0 Å². The van der Waals surface area contributed by atoms with Crippen molar-refractivity contribution >= 4 is 5.78 Å². The quantitative estimate of drug-likeness (QED) is 0.790. The molecule has 0 aliphatic rings. The number of aryl methyl sites for hydroxylation is 1. The highest BCUT2D eigenvalue weighted by Gasteiger charge is 2.13. The van der Waals surface area contributed by atoms with Gasteiger partial charge in [-0.3, -0.25) is 4.79 Å². The molecule has 76 valence electrons. The summed E-state index contributed by atoms with van der Waals surface area (Å²) in [5.74, 6) is -0.0956. The average molecular weight is 192 g/mol. The van der Waals surface area contributed by atoms with Gasteiger partial charge in [-0.2, -0.15) is 0 Å². The van der Waals surface area contributed by atoms with Crippen molar-refractivity contribution < 1.29 is 9.90 Å². The van der Waals surface area contributed by atoms with E-state index < -0.39 is 6.10 Å². The molecule has 14 heavy (non-hydrogen) atoms. The van der Waals surface area contributed by atoms with E-state index in [-0.39, 0.29) is 5.78 Å². The van der Waals surface area contributed by atoms with Crippen molar-refractivity contribution in [2.75, 3.05) is 0 Å². The van der Waals surface area contributed by atoms with Gasteiger partial charge in [0.15, 0.2) is 5.78 Å². The molecule has 0 radical (unpaired) electrons. The molecular weight excluding hydrogens is 176 g/mol. The number of Topliss-reactive ketones (excluding diaryl/α,β-unsaturated/α-hetero) is 1. The lowest BCUT2D eigenvalue weighted by atomic mass is 10.0. The summed E-state index contributed by atoms with van der Waals surface area (Å²) >= 11 is 0. The molecule has 0 heterocycles. The second-order valence-electron chi connectivity index (χ2n) is 3.49. The number of hydrogen-bond donors (Lipinski definition) is 1. The molecule has 0 aliphatic carbocycles. The molecule has 1 atom stereocenters. The van der Waals surface area contributed by atoms with E-state index in [1.54, 1.807) is 6.92 Å². The molecule has 1 aromatic carbocycles. The zero-order valence-corrected chi connectivity index (χ0v) is 8.66. The predicted molar refractivity (Wildman–Crippen MR) is 56.2 cm³/mol. The number of aliphatic hydroxyl groups is 1. The highest BCUT2D eigenvalue weighted by molar-refractivity contribution is 5.85. The van der Waals surface area contributed by atoms with Gasteiger partial charge in [0.05, 0.1) is 0 Å². The number of carbonyl (C=O) groups excluding carboxylic acids is 1. The molecular formula is C12H16O2. The summed E-state index contributed by atoms with van der Waals surface area (Å²) in [4.78, 5) is 11.4. The minimum atomic E-state index is -0.811. The normalized spacial score (nSPS) is 12.5. The molecule has 1 rings (SSSR count). The van der Waals surface area contributed by atoms with Crippen LogP contribution in [0.5, 0.6) is 0 Å². The Hall–Kier alpha value is -1.15. The molecule has 0 amide bonds. The van der Waals surface area contributed by atoms with Crippen LogP contribution >= 0.6 is 0 Å². The van der Waals surface area contributed by atoms with Gasteiger partial charge in [-0.25, -0.2) is 0 Å². The van der Waals surface area contributed by atoms with Crippen LogP contribution in [0, 0.1) is 6.92 Å². The third kappa shape index (κ3) is 2.67. The van der Waals surface area contributed by atoms with Crippen molar-refractivity contribution in [2.24, 2.45) is 0 Å². The summed E-state index contributed by atoms with van der Waals surface area (Å²) in [5.41, 5.74) is 2.11. The number of aliphatic hydroxyl groups excluding tert-OH is 1. The SMILES string of the molecule is CCC(O)C(=O)Cc1ccccc1C. The van der Waals surface area contributed by atoms with Crippen LogP contribution < -0.4 is 0 Å². The van der Waals surface area contributed by atoms with E-state index in [4.69, 9.17) is 0 Å². The fraction of sp³-hybridized carbons (Fsp3) is 0.417. The summed E-state index contributed by atoms with van der Waals surface area (Å²) in [6, 6.07) is 7.75. The van der Waals surface area contributed by atoms with E-state index in [9.17, 15) is 9.90 Å². The Bertz CT molecular complexity index is 318. The third-order valence-corrected chi connectivity index (χ3v) is 2.38. The maximum atomic E-state index is 11.4. The highest BCUT2D eigenvalue weighted by atomic mass is 16.3. The van der Waals surface area contributed by atoms with Crippen LogP contribution in [0.15, 0.2) is 24.3 Å². The number of carbonyl (C=O) groups is 1. The largest absolute Gasteiger partial charge is 0.385 e. The van der Waals surface area contributed by atoms with Gasteiger partial charge in [-0.05, 0) is 24.5 Å². The molecule has 0 aliphatic heterocycles. The topological polar surface area (TPSA) is 37.3 Å². The monoisotopic (exact) mass is 192 g/mol. The smallest absolute Gasteiger partial charge is 0.165 e. The van der Waals surface area contributed by atoms with Gasteiger partial charge >= 0.3 is 0 Å². The molecule has 2 heteroatoms. The van der Waals surface area contributed by atoms with E-state index in [1.807, 2.05) is 31.2 Å². The maximum Gasteiger partial charge on any atom is 0.165 e. The van der Waals surface area contributed by atoms with Gasteiger partial charge in [0.2, 0.25) is 0 Å². The summed E-state index contributed by atoms with van der Waals surface area (Å²) in [6.07, 6.45) is 0.0152. The first-order valence-electron chi connectivity index (χ1n) is 4.90. The molecule has 2 nitrogen and oxygen atoms in total. The van der Waals surface area contributed by atoms with E-state index in [0.717, 1.165) is 11.1 Å². The van der Waals surface area contributed by atoms with Crippen LogP contribution in [0.25, 0.3) is 0 Å². The first-order valence-corrected chi connectivity index (χ1v) is 4.90. The van der Waals surface area contributed by atoms with Crippen molar-refractivity contribution in [3.63, 3.8) is 0 Å². The van der Waals surface area contributed by atoms with Gasteiger partial charge in [0.25, 0.3) is 0 Å². The Morgan fingerprint density at radius 2 is 2.07 bits per heavy atom.